The molecule has 0 radical (unpaired) electrons. The molecular formula is C28H34ClN7O2. The number of ether oxygens (including phenoxy) is 1. The Hall–Kier alpha value is -3.14. The van der Waals surface area contributed by atoms with E-state index in [2.05, 4.69) is 44.3 Å². The van der Waals surface area contributed by atoms with Crippen molar-refractivity contribution in [2.75, 3.05) is 44.7 Å². The van der Waals surface area contributed by atoms with Gasteiger partial charge in [-0.15, -0.1) is 0 Å². The molecule has 2 aliphatic rings. The third kappa shape index (κ3) is 5.36. The Morgan fingerprint density at radius 3 is 2.87 bits per heavy atom. The summed E-state index contributed by atoms with van der Waals surface area (Å²) in [6, 6.07) is 6.38. The fourth-order valence-corrected chi connectivity index (χ4v) is 6.00. The van der Waals surface area contributed by atoms with Crippen LogP contribution in [0.5, 0.6) is 0 Å². The second-order valence-corrected chi connectivity index (χ2v) is 11.0. The van der Waals surface area contributed by atoms with Gasteiger partial charge in [-0.25, -0.2) is 4.98 Å². The van der Waals surface area contributed by atoms with Crippen molar-refractivity contribution in [1.82, 2.24) is 29.6 Å². The second-order valence-electron chi connectivity index (χ2n) is 10.6. The fraction of sp³-hybridized carbons (Fsp3) is 0.464. The van der Waals surface area contributed by atoms with Crippen LogP contribution in [0, 0.1) is 12.8 Å². The van der Waals surface area contributed by atoms with Crippen LogP contribution in [0.2, 0.25) is 5.02 Å². The average molecular weight is 536 g/mol. The maximum atomic E-state index is 12.9. The summed E-state index contributed by atoms with van der Waals surface area (Å²) in [5.41, 5.74) is 5.41. The number of piperidine rings is 1. The lowest BCUT2D eigenvalue weighted by molar-refractivity contribution is 0.152. The molecule has 0 aliphatic carbocycles. The summed E-state index contributed by atoms with van der Waals surface area (Å²) in [7, 11) is 0. The number of nitrogens with one attached hydrogen (secondary N) is 3. The lowest BCUT2D eigenvalue weighted by Crippen LogP contribution is -2.36. The maximum Gasteiger partial charge on any atom is 0.261 e. The van der Waals surface area contributed by atoms with E-state index in [-0.39, 0.29) is 5.56 Å². The molecular weight excluding hydrogens is 502 g/mol. The van der Waals surface area contributed by atoms with Crippen LogP contribution in [0.1, 0.15) is 36.3 Å². The normalized spacial score (nSPS) is 18.9. The number of hydrogen-bond donors (Lipinski definition) is 3. The highest BCUT2D eigenvalue weighted by molar-refractivity contribution is 6.30. The predicted molar refractivity (Wildman–Crippen MR) is 150 cm³/mol. The third-order valence-electron chi connectivity index (χ3n) is 7.85. The predicted octanol–water partition coefficient (Wildman–Crippen LogP) is 4.40. The van der Waals surface area contributed by atoms with E-state index in [1.807, 2.05) is 6.07 Å². The monoisotopic (exact) mass is 535 g/mol. The van der Waals surface area contributed by atoms with Crippen molar-refractivity contribution in [3.05, 3.63) is 63.3 Å². The minimum absolute atomic E-state index is 0.186. The lowest BCUT2D eigenvalue weighted by atomic mass is 9.88. The van der Waals surface area contributed by atoms with E-state index in [0.29, 0.717) is 41.3 Å². The van der Waals surface area contributed by atoms with Gasteiger partial charge in [-0.2, -0.15) is 5.10 Å². The van der Waals surface area contributed by atoms with E-state index in [1.165, 1.54) is 12.0 Å². The van der Waals surface area contributed by atoms with Crippen molar-refractivity contribution in [2.45, 2.75) is 38.6 Å². The molecule has 9 nitrogen and oxygen atoms in total. The molecule has 3 N–H and O–H groups in total. The molecule has 0 bridgehead atoms. The zero-order valence-corrected chi connectivity index (χ0v) is 22.4. The number of anilines is 1. The van der Waals surface area contributed by atoms with Gasteiger partial charge in [-0.1, -0.05) is 17.7 Å². The smallest absolute Gasteiger partial charge is 0.261 e. The van der Waals surface area contributed by atoms with Crippen molar-refractivity contribution < 1.29 is 4.74 Å². The average Bonchev–Trinajstić information content (AvgIpc) is 3.66. The number of H-pyrrole nitrogens is 2. The fourth-order valence-electron chi connectivity index (χ4n) is 5.84. The van der Waals surface area contributed by atoms with Crippen LogP contribution in [-0.2, 0) is 11.3 Å². The quantitative estimate of drug-likeness (QED) is 0.309. The largest absolute Gasteiger partial charge is 0.382 e. The first-order valence-electron chi connectivity index (χ1n) is 13.5. The van der Waals surface area contributed by atoms with E-state index in [0.717, 1.165) is 68.0 Å². The Morgan fingerprint density at radius 2 is 2.11 bits per heavy atom. The molecule has 1 atom stereocenters. The number of benzene rings is 1. The first kappa shape index (κ1) is 25.2. The van der Waals surface area contributed by atoms with Gasteiger partial charge < -0.3 is 24.9 Å². The first-order chi connectivity index (χ1) is 18.5. The number of fused-ring (bicyclic) bond motifs is 1. The molecule has 1 aromatic carbocycles. The highest BCUT2D eigenvalue weighted by Crippen LogP contribution is 2.33. The highest BCUT2D eigenvalue weighted by Gasteiger charge is 2.25. The molecule has 0 saturated carbocycles. The van der Waals surface area contributed by atoms with Gasteiger partial charge >= 0.3 is 0 Å². The van der Waals surface area contributed by atoms with Gasteiger partial charge in [-0.3, -0.25) is 9.48 Å². The van der Waals surface area contributed by atoms with Crippen molar-refractivity contribution >= 4 is 28.3 Å². The zero-order chi connectivity index (χ0) is 26.1. The molecule has 200 valence electrons. The Balaban J connectivity index is 1.19. The van der Waals surface area contributed by atoms with Gasteiger partial charge in [0.15, 0.2) is 0 Å². The molecule has 5 heterocycles. The number of imidazole rings is 1. The summed E-state index contributed by atoms with van der Waals surface area (Å²) in [6.45, 7) is 8.57. The zero-order valence-electron chi connectivity index (χ0n) is 21.7. The summed E-state index contributed by atoms with van der Waals surface area (Å²) >= 11 is 5.96. The van der Waals surface area contributed by atoms with Crippen molar-refractivity contribution in [1.29, 1.82) is 0 Å². The molecule has 4 aromatic rings. The minimum atomic E-state index is -0.186. The Labute approximate surface area is 226 Å². The Kier molecular flexibility index (Phi) is 7.23. The summed E-state index contributed by atoms with van der Waals surface area (Å²) in [4.78, 5) is 26.6. The van der Waals surface area contributed by atoms with Gasteiger partial charge in [0, 0.05) is 32.1 Å². The second kappa shape index (κ2) is 10.9. The number of aromatic amines is 2. The molecule has 2 aliphatic heterocycles. The number of aromatic nitrogens is 5. The van der Waals surface area contributed by atoms with Gasteiger partial charge in [-0.05, 0) is 74.4 Å². The van der Waals surface area contributed by atoms with E-state index in [1.54, 1.807) is 23.3 Å². The number of pyridine rings is 1. The molecule has 0 spiro atoms. The molecule has 1 unspecified atom stereocenters. The van der Waals surface area contributed by atoms with E-state index >= 15 is 0 Å². The molecule has 10 heteroatoms. The molecule has 0 amide bonds. The Morgan fingerprint density at radius 1 is 1.24 bits per heavy atom. The minimum Gasteiger partial charge on any atom is -0.382 e. The van der Waals surface area contributed by atoms with Crippen LogP contribution in [0.3, 0.4) is 0 Å². The van der Waals surface area contributed by atoms with Crippen LogP contribution in [0.15, 0.2) is 41.6 Å². The lowest BCUT2D eigenvalue weighted by Gasteiger charge is -2.33. The number of aryl methyl sites for hydroxylation is 1. The topological polar surface area (TPSA) is 104 Å². The number of rotatable bonds is 8. The van der Waals surface area contributed by atoms with Crippen molar-refractivity contribution in [3.63, 3.8) is 0 Å². The molecule has 3 aromatic heterocycles. The van der Waals surface area contributed by atoms with Crippen LogP contribution >= 0.6 is 11.6 Å². The molecule has 38 heavy (non-hydrogen) atoms. The maximum absolute atomic E-state index is 12.9. The first-order valence-corrected chi connectivity index (χ1v) is 13.9. The summed E-state index contributed by atoms with van der Waals surface area (Å²) < 4.78 is 7.33. The Bertz CT molecular complexity index is 1460. The molecule has 6 rings (SSSR count). The third-order valence-corrected chi connectivity index (χ3v) is 8.05. The van der Waals surface area contributed by atoms with Crippen LogP contribution in [0.4, 0.5) is 5.69 Å². The van der Waals surface area contributed by atoms with E-state index in [4.69, 9.17) is 21.3 Å². The standard InChI is InChI=1S/C28H34ClN7O2/c1-18-12-21(20-3-8-35(9-4-20)15-19-5-11-38-17-19)13-24-26(18)34-27(33-24)25-23(2-6-31-28(25)37)30-7-10-36-16-22(29)14-32-36/h2,6,12-14,16,19-20H,3-5,7-11,15,17H2,1H3,(H,33,34)(H2,30,31,37). The van der Waals surface area contributed by atoms with E-state index in [9.17, 15) is 4.79 Å². The van der Waals surface area contributed by atoms with Crippen molar-refractivity contribution in [2.24, 2.45) is 5.92 Å². The summed E-state index contributed by atoms with van der Waals surface area (Å²) in [5.74, 6) is 1.80. The summed E-state index contributed by atoms with van der Waals surface area (Å²) in [5, 5.41) is 8.17. The number of nitrogens with zero attached hydrogens (tertiary/aromatic N) is 4. The summed E-state index contributed by atoms with van der Waals surface area (Å²) in [6.07, 6.45) is 8.55. The molecule has 2 fully saturated rings. The van der Waals surface area contributed by atoms with Crippen LogP contribution < -0.4 is 10.9 Å². The number of halogens is 1. The van der Waals surface area contributed by atoms with Gasteiger partial charge in [0.1, 0.15) is 11.4 Å². The van der Waals surface area contributed by atoms with Gasteiger partial charge in [0.2, 0.25) is 0 Å². The number of likely N-dealkylation sites (tertiary alicyclic amines) is 1. The van der Waals surface area contributed by atoms with Crippen LogP contribution in [-0.4, -0.2) is 69.0 Å². The number of hydrogen-bond acceptors (Lipinski definition) is 6. The van der Waals surface area contributed by atoms with Crippen molar-refractivity contribution in [3.8, 4) is 11.4 Å². The van der Waals surface area contributed by atoms with Gasteiger partial charge in [0.25, 0.3) is 5.56 Å². The SMILES string of the molecule is Cc1cc(C2CCN(CC3CCOC3)CC2)cc2[nH]c(-c3c(NCCn4cc(Cl)cn4)cc[nH]c3=O)nc12. The van der Waals surface area contributed by atoms with E-state index < -0.39 is 0 Å². The van der Waals surface area contributed by atoms with Crippen LogP contribution in [0.25, 0.3) is 22.4 Å². The molecule has 2 saturated heterocycles. The highest BCUT2D eigenvalue weighted by atomic mass is 35.5. The van der Waals surface area contributed by atoms with Gasteiger partial charge in [0.05, 0.1) is 41.1 Å².